The Hall–Kier alpha value is -2.28. The standard InChI is InChI=1S/C18H22N4O2S/c1-4-5-6-11-22-14-15(21(3)17(24)20-16(14)23)19-18(22)25-13-9-7-12(2)8-10-13/h7-10H,4-6,11H2,1-3H3,(H,20,23,24). The van der Waals surface area contributed by atoms with Crippen LogP contribution in [0.5, 0.6) is 0 Å². The summed E-state index contributed by atoms with van der Waals surface area (Å²) >= 11 is 1.51. The molecule has 0 unspecified atom stereocenters. The quantitative estimate of drug-likeness (QED) is 0.687. The molecule has 1 aromatic carbocycles. The number of fused-ring (bicyclic) bond motifs is 1. The molecule has 0 fully saturated rings. The molecule has 0 spiro atoms. The first-order valence-corrected chi connectivity index (χ1v) is 9.27. The molecule has 0 atom stereocenters. The molecule has 0 aliphatic rings. The maximum absolute atomic E-state index is 12.4. The molecule has 132 valence electrons. The van der Waals surface area contributed by atoms with Gasteiger partial charge in [0.15, 0.2) is 16.3 Å². The molecule has 7 heteroatoms. The molecule has 25 heavy (non-hydrogen) atoms. The van der Waals surface area contributed by atoms with E-state index in [1.165, 1.54) is 21.9 Å². The summed E-state index contributed by atoms with van der Waals surface area (Å²) < 4.78 is 3.33. The fraction of sp³-hybridized carbons (Fsp3) is 0.389. The lowest BCUT2D eigenvalue weighted by Gasteiger charge is -2.08. The van der Waals surface area contributed by atoms with Crippen LogP contribution >= 0.6 is 11.8 Å². The van der Waals surface area contributed by atoms with Gasteiger partial charge in [-0.05, 0) is 25.5 Å². The van der Waals surface area contributed by atoms with Gasteiger partial charge in [-0.15, -0.1) is 0 Å². The van der Waals surface area contributed by atoms with Gasteiger partial charge in [0.05, 0.1) is 0 Å². The lowest BCUT2D eigenvalue weighted by atomic mass is 10.2. The molecule has 2 heterocycles. The van der Waals surface area contributed by atoms with Crippen molar-refractivity contribution in [2.45, 2.75) is 49.7 Å². The largest absolute Gasteiger partial charge is 0.329 e. The number of H-pyrrole nitrogens is 1. The first kappa shape index (κ1) is 17.5. The van der Waals surface area contributed by atoms with Crippen LogP contribution in [0, 0.1) is 6.92 Å². The van der Waals surface area contributed by atoms with E-state index in [1.807, 2.05) is 23.6 Å². The number of nitrogens with zero attached hydrogens (tertiary/aromatic N) is 3. The van der Waals surface area contributed by atoms with Crippen molar-refractivity contribution in [2.75, 3.05) is 0 Å². The number of aromatic nitrogens is 4. The van der Waals surface area contributed by atoms with Crippen LogP contribution in [-0.2, 0) is 13.6 Å². The number of nitrogens with one attached hydrogen (secondary N) is 1. The van der Waals surface area contributed by atoms with E-state index in [4.69, 9.17) is 0 Å². The predicted octanol–water partition coefficient (Wildman–Crippen LogP) is 3.07. The number of hydrogen-bond donors (Lipinski definition) is 1. The van der Waals surface area contributed by atoms with E-state index >= 15 is 0 Å². The highest BCUT2D eigenvalue weighted by Gasteiger charge is 2.17. The zero-order chi connectivity index (χ0) is 18.0. The molecule has 0 aliphatic carbocycles. The maximum Gasteiger partial charge on any atom is 0.329 e. The Bertz CT molecular complexity index is 999. The monoisotopic (exact) mass is 358 g/mol. The second kappa shape index (κ2) is 7.31. The van der Waals surface area contributed by atoms with Crippen molar-refractivity contribution in [3.05, 3.63) is 50.7 Å². The molecule has 3 aromatic rings. The molecule has 2 aromatic heterocycles. The summed E-state index contributed by atoms with van der Waals surface area (Å²) in [6.07, 6.45) is 3.14. The van der Waals surface area contributed by atoms with Crippen LogP contribution in [0.3, 0.4) is 0 Å². The van der Waals surface area contributed by atoms with Crippen LogP contribution < -0.4 is 11.2 Å². The minimum atomic E-state index is -0.442. The third-order valence-electron chi connectivity index (χ3n) is 4.19. The van der Waals surface area contributed by atoms with Gasteiger partial charge in [0, 0.05) is 18.5 Å². The number of aromatic amines is 1. The lowest BCUT2D eigenvalue weighted by Crippen LogP contribution is -2.29. The smallest absolute Gasteiger partial charge is 0.313 e. The number of imidazole rings is 1. The van der Waals surface area contributed by atoms with Gasteiger partial charge in [0.25, 0.3) is 5.56 Å². The molecule has 0 aliphatic heterocycles. The predicted molar refractivity (Wildman–Crippen MR) is 100 cm³/mol. The van der Waals surface area contributed by atoms with Gasteiger partial charge in [-0.25, -0.2) is 9.78 Å². The molecule has 0 amide bonds. The number of aryl methyl sites for hydroxylation is 3. The highest BCUT2D eigenvalue weighted by atomic mass is 32.2. The third-order valence-corrected chi connectivity index (χ3v) is 5.19. The summed E-state index contributed by atoms with van der Waals surface area (Å²) in [5.41, 5.74) is 1.27. The number of benzene rings is 1. The zero-order valence-corrected chi connectivity index (χ0v) is 15.5. The van der Waals surface area contributed by atoms with Gasteiger partial charge in [0.2, 0.25) is 0 Å². The molecule has 6 nitrogen and oxygen atoms in total. The van der Waals surface area contributed by atoms with Gasteiger partial charge in [-0.1, -0.05) is 49.2 Å². The minimum Gasteiger partial charge on any atom is -0.313 e. The Kier molecular flexibility index (Phi) is 5.13. The Balaban J connectivity index is 2.12. The molecular weight excluding hydrogens is 336 g/mol. The van der Waals surface area contributed by atoms with Gasteiger partial charge < -0.3 is 4.57 Å². The van der Waals surface area contributed by atoms with E-state index in [0.717, 1.165) is 29.3 Å². The normalized spacial score (nSPS) is 11.3. The van der Waals surface area contributed by atoms with Crippen LogP contribution in [0.2, 0.25) is 0 Å². The number of rotatable bonds is 6. The topological polar surface area (TPSA) is 72.7 Å². The molecule has 0 bridgehead atoms. The average Bonchev–Trinajstić information content (AvgIpc) is 2.94. The zero-order valence-electron chi connectivity index (χ0n) is 14.7. The molecule has 0 saturated carbocycles. The third kappa shape index (κ3) is 3.56. The van der Waals surface area contributed by atoms with Crippen LogP contribution in [0.15, 0.2) is 43.9 Å². The summed E-state index contributed by atoms with van der Waals surface area (Å²) in [6, 6.07) is 8.18. The first-order valence-electron chi connectivity index (χ1n) is 8.45. The molecule has 1 N–H and O–H groups in total. The van der Waals surface area contributed by atoms with Crippen LogP contribution in [0.1, 0.15) is 31.7 Å². The highest BCUT2D eigenvalue weighted by molar-refractivity contribution is 7.99. The van der Waals surface area contributed by atoms with Crippen molar-refractivity contribution in [3.63, 3.8) is 0 Å². The SMILES string of the molecule is CCCCCn1c(Sc2ccc(C)cc2)nc2c1c(=O)[nH]c(=O)n2C. The Labute approximate surface area is 149 Å². The van der Waals surface area contributed by atoms with Crippen molar-refractivity contribution < 1.29 is 0 Å². The first-order chi connectivity index (χ1) is 12.0. The van der Waals surface area contributed by atoms with Gasteiger partial charge >= 0.3 is 5.69 Å². The van der Waals surface area contributed by atoms with Crippen LogP contribution in [0.25, 0.3) is 11.2 Å². The van der Waals surface area contributed by atoms with Crippen molar-refractivity contribution in [3.8, 4) is 0 Å². The summed E-state index contributed by atoms with van der Waals surface area (Å²) in [7, 11) is 1.63. The van der Waals surface area contributed by atoms with E-state index in [1.54, 1.807) is 7.05 Å². The van der Waals surface area contributed by atoms with Gasteiger partial charge in [-0.3, -0.25) is 14.3 Å². The highest BCUT2D eigenvalue weighted by Crippen LogP contribution is 2.29. The molecule has 0 radical (unpaired) electrons. The summed E-state index contributed by atoms with van der Waals surface area (Å²) in [5, 5.41) is 0.738. The Morgan fingerprint density at radius 2 is 1.88 bits per heavy atom. The second-order valence-corrected chi connectivity index (χ2v) is 7.20. The maximum atomic E-state index is 12.4. The molecule has 3 rings (SSSR count). The fourth-order valence-electron chi connectivity index (χ4n) is 2.73. The van der Waals surface area contributed by atoms with E-state index < -0.39 is 5.69 Å². The summed E-state index contributed by atoms with van der Waals surface area (Å²) in [4.78, 5) is 32.3. The fourth-order valence-corrected chi connectivity index (χ4v) is 3.64. The van der Waals surface area contributed by atoms with Gasteiger partial charge in [-0.2, -0.15) is 0 Å². The second-order valence-electron chi connectivity index (χ2n) is 6.16. The van der Waals surface area contributed by atoms with Crippen molar-refractivity contribution in [2.24, 2.45) is 7.05 Å². The van der Waals surface area contributed by atoms with E-state index in [0.29, 0.717) is 17.7 Å². The van der Waals surface area contributed by atoms with Crippen LogP contribution in [0.4, 0.5) is 0 Å². The van der Waals surface area contributed by atoms with Gasteiger partial charge in [0.1, 0.15) is 0 Å². The minimum absolute atomic E-state index is 0.377. The lowest BCUT2D eigenvalue weighted by molar-refractivity contribution is 0.577. The van der Waals surface area contributed by atoms with Crippen molar-refractivity contribution in [1.82, 2.24) is 19.1 Å². The van der Waals surface area contributed by atoms with Crippen LogP contribution in [-0.4, -0.2) is 19.1 Å². The van der Waals surface area contributed by atoms with E-state index in [-0.39, 0.29) is 5.56 Å². The number of unbranched alkanes of at least 4 members (excludes halogenated alkanes) is 2. The molecule has 0 saturated heterocycles. The van der Waals surface area contributed by atoms with Crippen molar-refractivity contribution in [1.29, 1.82) is 0 Å². The average molecular weight is 358 g/mol. The Morgan fingerprint density at radius 3 is 2.56 bits per heavy atom. The summed E-state index contributed by atoms with van der Waals surface area (Å²) in [6.45, 7) is 4.90. The number of hydrogen-bond acceptors (Lipinski definition) is 4. The Morgan fingerprint density at radius 1 is 1.16 bits per heavy atom. The van der Waals surface area contributed by atoms with E-state index in [9.17, 15) is 9.59 Å². The van der Waals surface area contributed by atoms with Crippen molar-refractivity contribution >= 4 is 22.9 Å². The van der Waals surface area contributed by atoms with E-state index in [2.05, 4.69) is 29.0 Å². The summed E-state index contributed by atoms with van der Waals surface area (Å²) in [5.74, 6) is 0. The molecular formula is C18H22N4O2S.